The van der Waals surface area contributed by atoms with Crippen molar-refractivity contribution in [3.8, 4) is 0 Å². The van der Waals surface area contributed by atoms with Crippen LogP contribution in [-0.4, -0.2) is 31.8 Å². The van der Waals surface area contributed by atoms with E-state index in [4.69, 9.17) is 10.5 Å². The maximum atomic E-state index is 6.15. The third kappa shape index (κ3) is 2.00. The number of nitrogens with two attached hydrogens (primary N) is 1. The fourth-order valence-corrected chi connectivity index (χ4v) is 3.15. The van der Waals surface area contributed by atoms with Crippen LogP contribution < -0.4 is 10.6 Å². The van der Waals surface area contributed by atoms with Gasteiger partial charge >= 0.3 is 0 Å². The number of ether oxygens (including phenoxy) is 1. The van der Waals surface area contributed by atoms with Crippen LogP contribution in [0.1, 0.15) is 18.4 Å². The highest BCUT2D eigenvalue weighted by molar-refractivity contribution is 5.98. The number of aryl methyl sites for hydroxylation is 1. The van der Waals surface area contributed by atoms with Gasteiger partial charge in [0.25, 0.3) is 0 Å². The van der Waals surface area contributed by atoms with Gasteiger partial charge in [-0.25, -0.2) is 0 Å². The second-order valence-electron chi connectivity index (χ2n) is 5.66. The molecule has 1 aliphatic carbocycles. The Morgan fingerprint density at radius 2 is 2.26 bits per heavy atom. The molecule has 1 unspecified atom stereocenters. The molecule has 1 fully saturated rings. The van der Waals surface area contributed by atoms with E-state index in [0.717, 1.165) is 12.2 Å². The van der Waals surface area contributed by atoms with E-state index in [9.17, 15) is 0 Å². The number of guanidine groups is 1. The topological polar surface area (TPSA) is 50.9 Å². The van der Waals surface area contributed by atoms with E-state index in [1.165, 1.54) is 18.4 Å². The van der Waals surface area contributed by atoms with Crippen LogP contribution in [0.3, 0.4) is 0 Å². The molecule has 0 amide bonds. The molecule has 19 heavy (non-hydrogen) atoms. The quantitative estimate of drug-likeness (QED) is 0.899. The summed E-state index contributed by atoms with van der Waals surface area (Å²) in [4.78, 5) is 6.69. The summed E-state index contributed by atoms with van der Waals surface area (Å²) in [5, 5.41) is 0. The van der Waals surface area contributed by atoms with Crippen LogP contribution in [-0.2, 0) is 4.74 Å². The summed E-state index contributed by atoms with van der Waals surface area (Å²) in [7, 11) is 1.76. The zero-order valence-corrected chi connectivity index (χ0v) is 11.6. The fraction of sp³-hybridized carbons (Fsp3) is 0.533. The molecule has 4 heteroatoms. The molecule has 0 spiro atoms. The standard InChI is InChI=1S/C15H21N3O/c1-11-4-3-5-13(8-11)18-14(16)17-9-15(18,10-19-2)12-6-7-12/h3-5,8,12H,6-7,9-10H2,1-2H3,(H2,16,17). The molecular formula is C15H21N3O. The van der Waals surface area contributed by atoms with E-state index in [1.54, 1.807) is 7.11 Å². The van der Waals surface area contributed by atoms with Crippen LogP contribution >= 0.6 is 0 Å². The number of benzene rings is 1. The Labute approximate surface area is 114 Å². The third-order valence-corrected chi connectivity index (χ3v) is 4.18. The molecule has 0 aromatic heterocycles. The smallest absolute Gasteiger partial charge is 0.196 e. The summed E-state index contributed by atoms with van der Waals surface area (Å²) in [6, 6.07) is 8.44. The number of aliphatic imine (C=N–C) groups is 1. The molecule has 0 saturated heterocycles. The normalized spacial score (nSPS) is 26.6. The second-order valence-corrected chi connectivity index (χ2v) is 5.66. The molecule has 0 radical (unpaired) electrons. The predicted octanol–water partition coefficient (Wildman–Crippen LogP) is 1.92. The highest BCUT2D eigenvalue weighted by Crippen LogP contribution is 2.47. The Hall–Kier alpha value is -1.55. The molecule has 1 heterocycles. The molecule has 3 rings (SSSR count). The first kappa shape index (κ1) is 12.5. The van der Waals surface area contributed by atoms with Crippen LogP contribution in [0, 0.1) is 12.8 Å². The molecule has 1 aromatic rings. The average Bonchev–Trinajstić information content (AvgIpc) is 3.17. The Morgan fingerprint density at radius 1 is 1.47 bits per heavy atom. The summed E-state index contributed by atoms with van der Waals surface area (Å²) < 4.78 is 5.49. The number of rotatable bonds is 4. The maximum Gasteiger partial charge on any atom is 0.196 e. The number of hydrogen-bond acceptors (Lipinski definition) is 4. The molecule has 1 atom stereocenters. The fourth-order valence-electron chi connectivity index (χ4n) is 3.15. The Kier molecular flexibility index (Phi) is 2.97. The summed E-state index contributed by atoms with van der Waals surface area (Å²) in [5.74, 6) is 1.26. The van der Waals surface area contributed by atoms with Crippen LogP contribution in [0.25, 0.3) is 0 Å². The Bertz CT molecular complexity index is 510. The van der Waals surface area contributed by atoms with Gasteiger partial charge in [-0.1, -0.05) is 12.1 Å². The van der Waals surface area contributed by atoms with Gasteiger partial charge in [0, 0.05) is 12.8 Å². The maximum absolute atomic E-state index is 6.15. The van der Waals surface area contributed by atoms with Crippen molar-refractivity contribution in [3.05, 3.63) is 29.8 Å². The lowest BCUT2D eigenvalue weighted by molar-refractivity contribution is 0.129. The molecule has 4 nitrogen and oxygen atoms in total. The van der Waals surface area contributed by atoms with Gasteiger partial charge in [-0.05, 0) is 43.4 Å². The lowest BCUT2D eigenvalue weighted by atomic mass is 9.92. The summed E-state index contributed by atoms with van der Waals surface area (Å²) in [6.45, 7) is 3.52. The van der Waals surface area contributed by atoms with E-state index in [2.05, 4.69) is 41.1 Å². The van der Waals surface area contributed by atoms with E-state index in [1.807, 2.05) is 0 Å². The van der Waals surface area contributed by atoms with Crippen LogP contribution in [0.4, 0.5) is 5.69 Å². The summed E-state index contributed by atoms with van der Waals surface area (Å²) in [5.41, 5.74) is 8.44. The van der Waals surface area contributed by atoms with Gasteiger partial charge in [-0.2, -0.15) is 0 Å². The predicted molar refractivity (Wildman–Crippen MR) is 77.5 cm³/mol. The first-order valence-corrected chi connectivity index (χ1v) is 6.83. The van der Waals surface area contributed by atoms with Crippen molar-refractivity contribution in [3.63, 3.8) is 0 Å². The molecule has 2 N–H and O–H groups in total. The minimum atomic E-state index is -0.0768. The lowest BCUT2D eigenvalue weighted by Gasteiger charge is -2.39. The minimum absolute atomic E-state index is 0.0768. The lowest BCUT2D eigenvalue weighted by Crippen LogP contribution is -2.56. The molecule has 1 aromatic carbocycles. The molecule has 2 aliphatic rings. The van der Waals surface area contributed by atoms with E-state index in [0.29, 0.717) is 18.5 Å². The van der Waals surface area contributed by atoms with E-state index in [-0.39, 0.29) is 5.54 Å². The summed E-state index contributed by atoms with van der Waals surface area (Å²) in [6.07, 6.45) is 2.49. The van der Waals surface area contributed by atoms with Gasteiger partial charge < -0.3 is 15.4 Å². The van der Waals surface area contributed by atoms with E-state index >= 15 is 0 Å². The highest BCUT2D eigenvalue weighted by Gasteiger charge is 2.53. The van der Waals surface area contributed by atoms with Crippen molar-refractivity contribution in [2.45, 2.75) is 25.3 Å². The van der Waals surface area contributed by atoms with E-state index < -0.39 is 0 Å². The van der Waals surface area contributed by atoms with Crippen molar-refractivity contribution in [2.75, 3.05) is 25.2 Å². The molecule has 0 bridgehead atoms. The zero-order valence-electron chi connectivity index (χ0n) is 11.6. The van der Waals surface area contributed by atoms with Crippen LogP contribution in [0.2, 0.25) is 0 Å². The van der Waals surface area contributed by atoms with Crippen molar-refractivity contribution in [1.29, 1.82) is 0 Å². The molecular weight excluding hydrogens is 238 g/mol. The largest absolute Gasteiger partial charge is 0.382 e. The van der Waals surface area contributed by atoms with Crippen molar-refractivity contribution < 1.29 is 4.74 Å². The molecule has 1 aliphatic heterocycles. The first-order chi connectivity index (χ1) is 9.17. The second kappa shape index (κ2) is 4.53. The van der Waals surface area contributed by atoms with Crippen molar-refractivity contribution >= 4 is 11.6 Å². The third-order valence-electron chi connectivity index (χ3n) is 4.18. The Balaban J connectivity index is 2.01. The number of methoxy groups -OCH3 is 1. The SMILES string of the molecule is COCC1(C2CC2)CN=C(N)N1c1cccc(C)c1. The average molecular weight is 259 g/mol. The monoisotopic (exact) mass is 259 g/mol. The van der Waals surface area contributed by atoms with Crippen LogP contribution in [0.15, 0.2) is 29.3 Å². The summed E-state index contributed by atoms with van der Waals surface area (Å²) >= 11 is 0. The van der Waals surface area contributed by atoms with Crippen LogP contribution in [0.5, 0.6) is 0 Å². The number of hydrogen-bond donors (Lipinski definition) is 1. The minimum Gasteiger partial charge on any atom is -0.382 e. The van der Waals surface area contributed by atoms with Gasteiger partial charge in [0.05, 0.1) is 18.7 Å². The highest BCUT2D eigenvalue weighted by atomic mass is 16.5. The van der Waals surface area contributed by atoms with Gasteiger partial charge in [0.1, 0.15) is 0 Å². The van der Waals surface area contributed by atoms with Crippen molar-refractivity contribution in [2.24, 2.45) is 16.6 Å². The first-order valence-electron chi connectivity index (χ1n) is 6.83. The molecule has 1 saturated carbocycles. The van der Waals surface area contributed by atoms with Gasteiger partial charge in [0.2, 0.25) is 0 Å². The van der Waals surface area contributed by atoms with Gasteiger partial charge in [0.15, 0.2) is 5.96 Å². The molecule has 102 valence electrons. The number of nitrogens with zero attached hydrogens (tertiary/aromatic N) is 2. The van der Waals surface area contributed by atoms with Crippen molar-refractivity contribution in [1.82, 2.24) is 0 Å². The Morgan fingerprint density at radius 3 is 2.89 bits per heavy atom. The zero-order chi connectivity index (χ0) is 13.5. The number of anilines is 1. The van der Waals surface area contributed by atoms with Gasteiger partial charge in [-0.3, -0.25) is 4.99 Å². The van der Waals surface area contributed by atoms with Gasteiger partial charge in [-0.15, -0.1) is 0 Å².